The van der Waals surface area contributed by atoms with E-state index >= 15 is 0 Å². The van der Waals surface area contributed by atoms with E-state index in [0.29, 0.717) is 13.2 Å². The number of hydrogen-bond acceptors (Lipinski definition) is 3. The molecule has 1 aromatic rings. The van der Waals surface area contributed by atoms with Crippen molar-refractivity contribution in [3.8, 4) is 0 Å². The van der Waals surface area contributed by atoms with Crippen molar-refractivity contribution in [3.05, 3.63) is 48.0 Å². The number of nitrogens with one attached hydrogen (secondary N) is 1. The van der Waals surface area contributed by atoms with Gasteiger partial charge in [0.1, 0.15) is 6.61 Å². The van der Waals surface area contributed by atoms with Gasteiger partial charge in [-0.3, -0.25) is 0 Å². The van der Waals surface area contributed by atoms with E-state index in [1.807, 2.05) is 36.4 Å². The monoisotopic (exact) mass is 277 g/mol. The van der Waals surface area contributed by atoms with Gasteiger partial charge in [0, 0.05) is 6.54 Å². The molecule has 0 heterocycles. The molecule has 4 nitrogen and oxygen atoms in total. The fraction of sp³-hybridized carbons (Fsp3) is 0.438. The van der Waals surface area contributed by atoms with Gasteiger partial charge in [-0.15, -0.1) is 0 Å². The molecule has 2 N–H and O–H groups in total. The average Bonchev–Trinajstić information content (AvgIpc) is 2.45. The van der Waals surface area contributed by atoms with E-state index in [-0.39, 0.29) is 12.2 Å². The zero-order valence-electron chi connectivity index (χ0n) is 11.9. The number of ether oxygens (including phenoxy) is 1. The summed E-state index contributed by atoms with van der Waals surface area (Å²) in [6, 6.07) is 9.59. The van der Waals surface area contributed by atoms with Crippen LogP contribution in [0.1, 0.15) is 31.7 Å². The van der Waals surface area contributed by atoms with Gasteiger partial charge in [0.2, 0.25) is 0 Å². The van der Waals surface area contributed by atoms with Gasteiger partial charge in [-0.1, -0.05) is 42.5 Å². The Labute approximate surface area is 120 Å². The van der Waals surface area contributed by atoms with E-state index < -0.39 is 0 Å². The third-order valence-electron chi connectivity index (χ3n) is 2.69. The molecule has 1 aromatic carbocycles. The van der Waals surface area contributed by atoms with Gasteiger partial charge in [0.25, 0.3) is 0 Å². The number of aliphatic hydroxyl groups is 1. The topological polar surface area (TPSA) is 58.6 Å². The quantitative estimate of drug-likeness (QED) is 0.567. The summed E-state index contributed by atoms with van der Waals surface area (Å²) in [6.07, 6.45) is 5.73. The van der Waals surface area contributed by atoms with E-state index in [2.05, 4.69) is 5.32 Å². The molecule has 0 radical (unpaired) electrons. The molecule has 0 aliphatic rings. The second-order valence-corrected chi connectivity index (χ2v) is 4.65. The molecule has 0 saturated carbocycles. The Morgan fingerprint density at radius 3 is 2.80 bits per heavy atom. The molecule has 110 valence electrons. The van der Waals surface area contributed by atoms with Gasteiger partial charge in [-0.25, -0.2) is 4.79 Å². The van der Waals surface area contributed by atoms with Crippen LogP contribution >= 0.6 is 0 Å². The van der Waals surface area contributed by atoms with Crippen molar-refractivity contribution >= 4 is 6.09 Å². The first-order valence-corrected chi connectivity index (χ1v) is 6.98. The maximum atomic E-state index is 11.4. The van der Waals surface area contributed by atoms with Crippen LogP contribution in [-0.2, 0) is 11.3 Å². The third-order valence-corrected chi connectivity index (χ3v) is 2.69. The lowest BCUT2D eigenvalue weighted by Gasteiger charge is -2.06. The predicted molar refractivity (Wildman–Crippen MR) is 79.3 cm³/mol. The highest BCUT2D eigenvalue weighted by Gasteiger charge is 2.01. The second-order valence-electron chi connectivity index (χ2n) is 4.65. The van der Waals surface area contributed by atoms with Crippen LogP contribution in [0.2, 0.25) is 0 Å². The van der Waals surface area contributed by atoms with Crippen LogP contribution in [0.25, 0.3) is 0 Å². The highest BCUT2D eigenvalue weighted by atomic mass is 16.5. The minimum Gasteiger partial charge on any atom is -0.445 e. The first kappa shape index (κ1) is 16.2. The van der Waals surface area contributed by atoms with Gasteiger partial charge in [0.15, 0.2) is 0 Å². The lowest BCUT2D eigenvalue weighted by molar-refractivity contribution is 0.139. The Morgan fingerprint density at radius 2 is 2.10 bits per heavy atom. The Kier molecular flexibility index (Phi) is 8.15. The number of allylic oxidation sites excluding steroid dienone is 1. The normalized spacial score (nSPS) is 12.3. The zero-order valence-corrected chi connectivity index (χ0v) is 11.9. The van der Waals surface area contributed by atoms with Crippen molar-refractivity contribution in [2.24, 2.45) is 0 Å². The van der Waals surface area contributed by atoms with Crippen molar-refractivity contribution in [2.75, 3.05) is 6.54 Å². The van der Waals surface area contributed by atoms with Gasteiger partial charge >= 0.3 is 6.09 Å². The average molecular weight is 277 g/mol. The highest BCUT2D eigenvalue weighted by Crippen LogP contribution is 2.01. The standard InChI is InChI=1S/C16H23NO3/c1-14(18)9-5-2-3-8-12-17-16(19)20-13-15-10-6-4-7-11-15/h4-7,9-11,14,18H,2-3,8,12-13H2,1H3,(H,17,19)/b9-5+/t14-/m1/s1. The maximum absolute atomic E-state index is 11.4. The van der Waals surface area contributed by atoms with Crippen molar-refractivity contribution in [2.45, 2.75) is 38.9 Å². The number of alkyl carbamates (subject to hydrolysis) is 1. The van der Waals surface area contributed by atoms with Crippen LogP contribution in [0.4, 0.5) is 4.79 Å². The number of carbonyl (C=O) groups excluding carboxylic acids is 1. The van der Waals surface area contributed by atoms with E-state index in [1.54, 1.807) is 13.0 Å². The Balaban J connectivity index is 2.00. The maximum Gasteiger partial charge on any atom is 0.407 e. The second kappa shape index (κ2) is 10.0. The number of carbonyl (C=O) groups is 1. The third kappa shape index (κ3) is 8.32. The van der Waals surface area contributed by atoms with Crippen molar-refractivity contribution in [3.63, 3.8) is 0 Å². The van der Waals surface area contributed by atoms with Gasteiger partial charge < -0.3 is 15.2 Å². The van der Waals surface area contributed by atoms with Gasteiger partial charge in [-0.2, -0.15) is 0 Å². The Bertz CT molecular complexity index is 401. The van der Waals surface area contributed by atoms with E-state index in [9.17, 15) is 4.79 Å². The molecular formula is C16H23NO3. The minimum absolute atomic E-state index is 0.295. The van der Waals surface area contributed by atoms with Crippen LogP contribution < -0.4 is 5.32 Å². The first-order valence-electron chi connectivity index (χ1n) is 6.98. The summed E-state index contributed by atoms with van der Waals surface area (Å²) in [5.74, 6) is 0. The molecular weight excluding hydrogens is 254 g/mol. The molecule has 0 aliphatic carbocycles. The van der Waals surface area contributed by atoms with Gasteiger partial charge in [0.05, 0.1) is 6.10 Å². The molecule has 1 rings (SSSR count). The Morgan fingerprint density at radius 1 is 1.35 bits per heavy atom. The van der Waals surface area contributed by atoms with Crippen molar-refractivity contribution in [1.82, 2.24) is 5.32 Å². The van der Waals surface area contributed by atoms with Crippen LogP contribution in [0, 0.1) is 0 Å². The van der Waals surface area contributed by atoms with Gasteiger partial charge in [-0.05, 0) is 31.7 Å². The number of rotatable bonds is 8. The smallest absolute Gasteiger partial charge is 0.407 e. The molecule has 0 unspecified atom stereocenters. The molecule has 0 aromatic heterocycles. The molecule has 0 aliphatic heterocycles. The first-order chi connectivity index (χ1) is 9.68. The number of amides is 1. The van der Waals surface area contributed by atoms with Crippen molar-refractivity contribution < 1.29 is 14.6 Å². The molecule has 0 fully saturated rings. The molecule has 0 spiro atoms. The van der Waals surface area contributed by atoms with E-state index in [4.69, 9.17) is 9.84 Å². The Hall–Kier alpha value is -1.81. The van der Waals surface area contributed by atoms with Crippen LogP contribution in [0.3, 0.4) is 0 Å². The number of benzene rings is 1. The van der Waals surface area contributed by atoms with Crippen LogP contribution in [0.15, 0.2) is 42.5 Å². The predicted octanol–water partition coefficient (Wildman–Crippen LogP) is 3.02. The zero-order chi connectivity index (χ0) is 14.6. The lowest BCUT2D eigenvalue weighted by atomic mass is 10.2. The molecule has 20 heavy (non-hydrogen) atoms. The number of unbranched alkanes of at least 4 members (excludes halogenated alkanes) is 2. The molecule has 1 atom stereocenters. The number of hydrogen-bond donors (Lipinski definition) is 2. The van der Waals surface area contributed by atoms with E-state index in [0.717, 1.165) is 24.8 Å². The summed E-state index contributed by atoms with van der Waals surface area (Å²) in [6.45, 7) is 2.63. The minimum atomic E-state index is -0.388. The lowest BCUT2D eigenvalue weighted by Crippen LogP contribution is -2.25. The van der Waals surface area contributed by atoms with Crippen molar-refractivity contribution in [1.29, 1.82) is 0 Å². The molecule has 0 bridgehead atoms. The highest BCUT2D eigenvalue weighted by molar-refractivity contribution is 5.67. The SMILES string of the molecule is C[C@@H](O)/C=C/CCCCNC(=O)OCc1ccccc1. The summed E-state index contributed by atoms with van der Waals surface area (Å²) in [5, 5.41) is 11.7. The number of aliphatic hydroxyl groups excluding tert-OH is 1. The summed E-state index contributed by atoms with van der Waals surface area (Å²) in [4.78, 5) is 11.4. The summed E-state index contributed by atoms with van der Waals surface area (Å²) in [5.41, 5.74) is 0.978. The summed E-state index contributed by atoms with van der Waals surface area (Å²) >= 11 is 0. The molecule has 0 saturated heterocycles. The molecule has 4 heteroatoms. The summed E-state index contributed by atoms with van der Waals surface area (Å²) in [7, 11) is 0. The van der Waals surface area contributed by atoms with Crippen LogP contribution in [0.5, 0.6) is 0 Å². The fourth-order valence-corrected chi connectivity index (χ4v) is 1.64. The fourth-order valence-electron chi connectivity index (χ4n) is 1.64. The largest absolute Gasteiger partial charge is 0.445 e. The summed E-state index contributed by atoms with van der Waals surface area (Å²) < 4.78 is 5.09. The molecule has 1 amide bonds. The van der Waals surface area contributed by atoms with E-state index in [1.165, 1.54) is 0 Å². The van der Waals surface area contributed by atoms with Crippen LogP contribution in [-0.4, -0.2) is 23.8 Å².